The van der Waals surface area contributed by atoms with E-state index in [1.807, 2.05) is 28.8 Å². The maximum absolute atomic E-state index is 13.6. The number of nitrogens with zero attached hydrogens (tertiary/aromatic N) is 4. The molecule has 36 heavy (non-hydrogen) atoms. The van der Waals surface area contributed by atoms with Crippen molar-refractivity contribution in [3.63, 3.8) is 0 Å². The number of halogens is 1. The number of likely N-dealkylation sites (tertiary alicyclic amines) is 1. The lowest BCUT2D eigenvalue weighted by Crippen LogP contribution is -2.45. The number of esters is 1. The minimum atomic E-state index is -0.377. The van der Waals surface area contributed by atoms with Crippen LogP contribution < -0.4 is 5.56 Å². The van der Waals surface area contributed by atoms with Crippen LogP contribution in [0.4, 0.5) is 4.39 Å². The Hall–Kier alpha value is -4.01. The molecule has 0 bridgehead atoms. The van der Waals surface area contributed by atoms with E-state index < -0.39 is 0 Å². The summed E-state index contributed by atoms with van der Waals surface area (Å²) in [6.45, 7) is 3.01. The van der Waals surface area contributed by atoms with Crippen LogP contribution in [0.15, 0.2) is 59.5 Å². The third-order valence-corrected chi connectivity index (χ3v) is 6.71. The van der Waals surface area contributed by atoms with Crippen molar-refractivity contribution in [2.45, 2.75) is 32.9 Å². The molecule has 3 heterocycles. The number of carbonyl (C=O) groups excluding carboxylic acids is 2. The highest BCUT2D eigenvalue weighted by molar-refractivity contribution is 6.07. The fraction of sp³-hybridized carbons (Fsp3) is 0.333. The average molecular weight is 491 g/mol. The Kier molecular flexibility index (Phi) is 6.54. The van der Waals surface area contributed by atoms with Crippen LogP contribution in [0.25, 0.3) is 21.8 Å². The molecule has 1 amide bonds. The molecule has 1 fully saturated rings. The molecule has 0 saturated carbocycles. The summed E-state index contributed by atoms with van der Waals surface area (Å²) < 4.78 is 21.6. The highest BCUT2D eigenvalue weighted by Gasteiger charge is 2.30. The summed E-state index contributed by atoms with van der Waals surface area (Å²) in [7, 11) is 0. The first-order valence-electron chi connectivity index (χ1n) is 12.1. The molecule has 8 nitrogen and oxygen atoms in total. The van der Waals surface area contributed by atoms with Gasteiger partial charge in [0.15, 0.2) is 0 Å². The molecule has 186 valence electrons. The Bertz CT molecular complexity index is 1490. The van der Waals surface area contributed by atoms with E-state index in [0.29, 0.717) is 43.4 Å². The molecule has 2 aromatic heterocycles. The fourth-order valence-corrected chi connectivity index (χ4v) is 4.93. The average Bonchev–Trinajstić information content (AvgIpc) is 3.21. The Morgan fingerprint density at radius 1 is 1.11 bits per heavy atom. The van der Waals surface area contributed by atoms with Gasteiger partial charge >= 0.3 is 5.97 Å². The molecule has 2 aromatic carbocycles. The molecule has 0 spiro atoms. The van der Waals surface area contributed by atoms with Gasteiger partial charge in [-0.2, -0.15) is 5.10 Å². The number of piperidine rings is 1. The number of hydrogen-bond donors (Lipinski definition) is 0. The van der Waals surface area contributed by atoms with Gasteiger partial charge in [0.1, 0.15) is 17.9 Å². The van der Waals surface area contributed by atoms with Crippen molar-refractivity contribution < 1.29 is 18.7 Å². The number of benzene rings is 2. The van der Waals surface area contributed by atoms with E-state index in [0.717, 1.165) is 16.5 Å². The van der Waals surface area contributed by atoms with Crippen molar-refractivity contribution in [1.82, 2.24) is 19.2 Å². The number of hydrogen-bond acceptors (Lipinski definition) is 5. The van der Waals surface area contributed by atoms with Gasteiger partial charge in [0.05, 0.1) is 18.7 Å². The second-order valence-electron chi connectivity index (χ2n) is 9.03. The summed E-state index contributed by atoms with van der Waals surface area (Å²) in [5.41, 5.74) is 1.76. The predicted octanol–water partition coefficient (Wildman–Crippen LogP) is 3.34. The quantitative estimate of drug-likeness (QED) is 0.387. The maximum atomic E-state index is 13.6. The van der Waals surface area contributed by atoms with Gasteiger partial charge in [0.25, 0.3) is 5.56 Å². The zero-order valence-corrected chi connectivity index (χ0v) is 20.0. The van der Waals surface area contributed by atoms with E-state index in [9.17, 15) is 18.8 Å². The molecule has 4 aromatic rings. The summed E-state index contributed by atoms with van der Waals surface area (Å²) in [5, 5.41) is 5.89. The van der Waals surface area contributed by atoms with Crippen molar-refractivity contribution in [2.75, 3.05) is 19.7 Å². The fourth-order valence-electron chi connectivity index (χ4n) is 4.93. The monoisotopic (exact) mass is 490 g/mol. The summed E-state index contributed by atoms with van der Waals surface area (Å²) in [6, 6.07) is 13.8. The highest BCUT2D eigenvalue weighted by atomic mass is 19.1. The van der Waals surface area contributed by atoms with Gasteiger partial charge in [0, 0.05) is 35.9 Å². The smallest absolute Gasteiger partial charge is 0.310 e. The minimum Gasteiger partial charge on any atom is -0.466 e. The maximum Gasteiger partial charge on any atom is 0.310 e. The predicted molar refractivity (Wildman–Crippen MR) is 133 cm³/mol. The minimum absolute atomic E-state index is 0.220. The number of aromatic nitrogens is 3. The Balaban J connectivity index is 1.48. The number of amides is 1. The van der Waals surface area contributed by atoms with E-state index in [1.165, 1.54) is 16.8 Å². The third kappa shape index (κ3) is 4.48. The zero-order valence-electron chi connectivity index (χ0n) is 20.0. The van der Waals surface area contributed by atoms with Crippen molar-refractivity contribution in [3.8, 4) is 0 Å². The lowest BCUT2D eigenvalue weighted by molar-refractivity contribution is -0.151. The molecule has 1 aliphatic rings. The van der Waals surface area contributed by atoms with Crippen molar-refractivity contribution in [1.29, 1.82) is 0 Å². The lowest BCUT2D eigenvalue weighted by atomic mass is 9.98. The van der Waals surface area contributed by atoms with E-state index in [2.05, 4.69) is 5.10 Å². The van der Waals surface area contributed by atoms with Gasteiger partial charge in [-0.05, 0) is 43.5 Å². The van der Waals surface area contributed by atoms with Crippen LogP contribution >= 0.6 is 0 Å². The SMILES string of the molecule is CCOC(=O)C1CCCN(C(=O)Cn2ncc3c4ccccc4n(Cc4ccc(F)cc4)c3c2=O)C1. The number of fused-ring (bicyclic) bond motifs is 3. The first kappa shape index (κ1) is 23.7. The highest BCUT2D eigenvalue weighted by Crippen LogP contribution is 2.27. The van der Waals surface area contributed by atoms with Crippen LogP contribution in [0.3, 0.4) is 0 Å². The summed E-state index contributed by atoms with van der Waals surface area (Å²) in [5.74, 6) is -1.24. The second-order valence-corrected chi connectivity index (χ2v) is 9.03. The normalized spacial score (nSPS) is 15.9. The molecular formula is C27H27FN4O4. The molecule has 5 rings (SSSR count). The Morgan fingerprint density at radius 2 is 1.89 bits per heavy atom. The molecule has 0 N–H and O–H groups in total. The first-order chi connectivity index (χ1) is 17.5. The number of rotatable bonds is 6. The third-order valence-electron chi connectivity index (χ3n) is 6.71. The van der Waals surface area contributed by atoms with Crippen LogP contribution in [-0.2, 0) is 27.4 Å². The van der Waals surface area contributed by atoms with E-state index in [4.69, 9.17) is 4.74 Å². The molecule has 9 heteroatoms. The van der Waals surface area contributed by atoms with Gasteiger partial charge in [-0.25, -0.2) is 9.07 Å². The van der Waals surface area contributed by atoms with Crippen LogP contribution in [0, 0.1) is 11.7 Å². The van der Waals surface area contributed by atoms with Crippen LogP contribution in [-0.4, -0.2) is 50.8 Å². The summed E-state index contributed by atoms with van der Waals surface area (Å²) >= 11 is 0. The molecule has 1 atom stereocenters. The van der Waals surface area contributed by atoms with Crippen molar-refractivity contribution in [3.05, 3.63) is 76.5 Å². The molecule has 1 saturated heterocycles. The number of ether oxygens (including phenoxy) is 1. The van der Waals surface area contributed by atoms with Gasteiger partial charge in [-0.1, -0.05) is 30.3 Å². The van der Waals surface area contributed by atoms with Crippen LogP contribution in [0.5, 0.6) is 0 Å². The second kappa shape index (κ2) is 9.93. The van der Waals surface area contributed by atoms with Crippen LogP contribution in [0.2, 0.25) is 0 Å². The molecular weight excluding hydrogens is 463 g/mol. The molecule has 1 unspecified atom stereocenters. The van der Waals surface area contributed by atoms with Crippen molar-refractivity contribution in [2.24, 2.45) is 5.92 Å². The molecule has 0 radical (unpaired) electrons. The zero-order chi connectivity index (χ0) is 25.2. The standard InChI is InChI=1S/C27H27FN4O4/c1-2-36-27(35)19-6-5-13-30(16-19)24(33)17-32-26(34)25-22(14-29-32)21-7-3-4-8-23(21)31(25)15-18-9-11-20(28)12-10-18/h3-4,7-12,14,19H,2,5-6,13,15-17H2,1H3. The van der Waals surface area contributed by atoms with E-state index in [1.54, 1.807) is 30.2 Å². The largest absolute Gasteiger partial charge is 0.466 e. The Labute approximate surface area is 206 Å². The van der Waals surface area contributed by atoms with Gasteiger partial charge in [0.2, 0.25) is 5.91 Å². The summed E-state index contributed by atoms with van der Waals surface area (Å²) in [6.07, 6.45) is 2.99. The molecule has 0 aliphatic carbocycles. The number of carbonyl (C=O) groups is 2. The Morgan fingerprint density at radius 3 is 2.67 bits per heavy atom. The first-order valence-corrected chi connectivity index (χ1v) is 12.1. The van der Waals surface area contributed by atoms with E-state index >= 15 is 0 Å². The molecule has 1 aliphatic heterocycles. The topological polar surface area (TPSA) is 86.4 Å². The summed E-state index contributed by atoms with van der Waals surface area (Å²) in [4.78, 5) is 40.5. The van der Waals surface area contributed by atoms with Crippen LogP contribution in [0.1, 0.15) is 25.3 Å². The van der Waals surface area contributed by atoms with Gasteiger partial charge < -0.3 is 14.2 Å². The lowest BCUT2D eigenvalue weighted by Gasteiger charge is -2.31. The van der Waals surface area contributed by atoms with Gasteiger partial charge in [-0.15, -0.1) is 0 Å². The number of para-hydroxylation sites is 1. The van der Waals surface area contributed by atoms with E-state index in [-0.39, 0.29) is 42.3 Å². The van der Waals surface area contributed by atoms with Gasteiger partial charge in [-0.3, -0.25) is 14.4 Å². The van der Waals surface area contributed by atoms with Crippen molar-refractivity contribution >= 4 is 33.7 Å².